The van der Waals surface area contributed by atoms with E-state index in [2.05, 4.69) is 13.8 Å². The number of benzene rings is 1. The van der Waals surface area contributed by atoms with Gasteiger partial charge < -0.3 is 10.8 Å². The van der Waals surface area contributed by atoms with Crippen LogP contribution in [0.25, 0.3) is 0 Å². The fourth-order valence-electron chi connectivity index (χ4n) is 2.23. The van der Waals surface area contributed by atoms with Gasteiger partial charge in [-0.25, -0.2) is 0 Å². The molecule has 21 heavy (non-hydrogen) atoms. The summed E-state index contributed by atoms with van der Waals surface area (Å²) in [4.78, 5) is 24.1. The molecule has 1 unspecified atom stereocenters. The fourth-order valence-corrected chi connectivity index (χ4v) is 2.23. The minimum atomic E-state index is -0.835. The third-order valence-corrected chi connectivity index (χ3v) is 3.26. The van der Waals surface area contributed by atoms with E-state index in [9.17, 15) is 9.59 Å². The smallest absolute Gasteiger partial charge is 0.310 e. The lowest BCUT2D eigenvalue weighted by molar-refractivity contribution is -0.138. The highest BCUT2D eigenvalue weighted by Gasteiger charge is 2.14. The van der Waals surface area contributed by atoms with Crippen molar-refractivity contribution in [3.8, 4) is 0 Å². The second-order valence-corrected chi connectivity index (χ2v) is 5.83. The van der Waals surface area contributed by atoms with Gasteiger partial charge in [0.1, 0.15) is 0 Å². The molecule has 0 aromatic heterocycles. The number of nitrogens with zero attached hydrogens (tertiary/aromatic N) is 1. The van der Waals surface area contributed by atoms with Crippen molar-refractivity contribution < 1.29 is 14.7 Å². The number of hydrogen-bond acceptors (Lipinski definition) is 3. The fraction of sp³-hybridized carbons (Fsp3) is 0.500. The van der Waals surface area contributed by atoms with Crippen LogP contribution in [0.1, 0.15) is 37.8 Å². The molecule has 0 aliphatic heterocycles. The van der Waals surface area contributed by atoms with E-state index in [1.807, 2.05) is 29.2 Å². The van der Waals surface area contributed by atoms with Gasteiger partial charge in [0.15, 0.2) is 0 Å². The van der Waals surface area contributed by atoms with Crippen molar-refractivity contribution in [3.05, 3.63) is 35.4 Å². The first-order valence-electron chi connectivity index (χ1n) is 7.12. The molecule has 0 aliphatic carbocycles. The summed E-state index contributed by atoms with van der Waals surface area (Å²) >= 11 is 0. The summed E-state index contributed by atoms with van der Waals surface area (Å²) in [6.07, 6.45) is 0. The average Bonchev–Trinajstić information content (AvgIpc) is 2.37. The topological polar surface area (TPSA) is 83.6 Å². The number of hydrogen-bond donors (Lipinski definition) is 2. The molecule has 1 rings (SSSR count). The molecular weight excluding hydrogens is 268 g/mol. The van der Waals surface area contributed by atoms with Crippen molar-refractivity contribution in [2.45, 2.75) is 33.2 Å². The van der Waals surface area contributed by atoms with Crippen LogP contribution in [0.2, 0.25) is 0 Å². The van der Waals surface area contributed by atoms with Crippen LogP contribution in [0.5, 0.6) is 0 Å². The van der Waals surface area contributed by atoms with E-state index >= 15 is 0 Å². The van der Waals surface area contributed by atoms with Gasteiger partial charge in [-0.2, -0.15) is 0 Å². The third kappa shape index (κ3) is 5.95. The van der Waals surface area contributed by atoms with E-state index in [0.29, 0.717) is 12.5 Å². The molecule has 0 saturated carbocycles. The van der Waals surface area contributed by atoms with Crippen LogP contribution in [0.4, 0.5) is 0 Å². The number of carbonyl (C=O) groups excluding carboxylic acids is 1. The van der Waals surface area contributed by atoms with Crippen LogP contribution in [-0.2, 0) is 16.1 Å². The first-order valence-corrected chi connectivity index (χ1v) is 7.12. The van der Waals surface area contributed by atoms with E-state index in [4.69, 9.17) is 10.8 Å². The number of nitrogens with two attached hydrogens (primary N) is 1. The molecule has 116 valence electrons. The standard InChI is InChI=1S/C16H24N2O3/c1-11(2)8-18(10-15(17)19)9-13-4-6-14(7-5-13)12(3)16(20)21/h4-7,11-12H,8-10H2,1-3H3,(H2,17,19)(H,20,21). The molecular formula is C16H24N2O3. The lowest BCUT2D eigenvalue weighted by atomic mass is 10.00. The van der Waals surface area contributed by atoms with Gasteiger partial charge in [-0.15, -0.1) is 0 Å². The number of aliphatic carboxylic acids is 1. The van der Waals surface area contributed by atoms with Gasteiger partial charge in [-0.3, -0.25) is 14.5 Å². The zero-order valence-corrected chi connectivity index (χ0v) is 12.9. The van der Waals surface area contributed by atoms with E-state index in [1.54, 1.807) is 6.92 Å². The van der Waals surface area contributed by atoms with Gasteiger partial charge >= 0.3 is 5.97 Å². The minimum absolute atomic E-state index is 0.228. The number of carbonyl (C=O) groups is 2. The second-order valence-electron chi connectivity index (χ2n) is 5.83. The zero-order chi connectivity index (χ0) is 16.0. The summed E-state index contributed by atoms with van der Waals surface area (Å²) < 4.78 is 0. The Kier molecular flexibility index (Phi) is 6.37. The van der Waals surface area contributed by atoms with Gasteiger partial charge in [-0.1, -0.05) is 38.1 Å². The molecule has 1 aromatic carbocycles. The number of amides is 1. The molecule has 1 atom stereocenters. The van der Waals surface area contributed by atoms with Crippen molar-refractivity contribution in [1.29, 1.82) is 0 Å². The van der Waals surface area contributed by atoms with Crippen LogP contribution in [0.3, 0.4) is 0 Å². The molecule has 0 bridgehead atoms. The number of carboxylic acids is 1. The first kappa shape index (κ1) is 17.2. The minimum Gasteiger partial charge on any atom is -0.481 e. The number of carboxylic acid groups (broad SMARTS) is 1. The highest BCUT2D eigenvalue weighted by molar-refractivity contribution is 5.76. The Labute approximate surface area is 125 Å². The normalized spacial score (nSPS) is 12.6. The summed E-state index contributed by atoms with van der Waals surface area (Å²) in [7, 11) is 0. The Bertz CT molecular complexity index is 483. The van der Waals surface area contributed by atoms with Crippen molar-refractivity contribution in [1.82, 2.24) is 4.90 Å². The SMILES string of the molecule is CC(C)CN(CC(N)=O)Cc1ccc(C(C)C(=O)O)cc1. The Morgan fingerprint density at radius 1 is 1.19 bits per heavy atom. The average molecular weight is 292 g/mol. The van der Waals surface area contributed by atoms with E-state index in [-0.39, 0.29) is 12.5 Å². The molecule has 0 spiro atoms. The summed E-state index contributed by atoms with van der Waals surface area (Å²) in [5.74, 6) is -1.25. The van der Waals surface area contributed by atoms with Gasteiger partial charge in [0.2, 0.25) is 5.91 Å². The highest BCUT2D eigenvalue weighted by Crippen LogP contribution is 2.17. The van der Waals surface area contributed by atoms with Crippen molar-refractivity contribution >= 4 is 11.9 Å². The van der Waals surface area contributed by atoms with E-state index in [0.717, 1.165) is 17.7 Å². The second kappa shape index (κ2) is 7.78. The van der Waals surface area contributed by atoms with Gasteiger partial charge in [-0.05, 0) is 24.0 Å². The quantitative estimate of drug-likeness (QED) is 0.765. The first-order chi connectivity index (χ1) is 9.79. The molecule has 1 aromatic rings. The van der Waals surface area contributed by atoms with Gasteiger partial charge in [0, 0.05) is 13.1 Å². The lowest BCUT2D eigenvalue weighted by Crippen LogP contribution is -2.35. The Balaban J connectivity index is 2.75. The van der Waals surface area contributed by atoms with Crippen LogP contribution < -0.4 is 5.73 Å². The molecule has 0 fully saturated rings. The molecule has 1 amide bonds. The summed E-state index contributed by atoms with van der Waals surface area (Å²) in [5.41, 5.74) is 7.09. The van der Waals surface area contributed by atoms with Crippen LogP contribution >= 0.6 is 0 Å². The Morgan fingerprint density at radius 2 is 1.76 bits per heavy atom. The maximum Gasteiger partial charge on any atom is 0.310 e. The van der Waals surface area contributed by atoms with Crippen molar-refractivity contribution in [3.63, 3.8) is 0 Å². The van der Waals surface area contributed by atoms with Gasteiger partial charge in [0.25, 0.3) is 0 Å². The molecule has 0 aliphatic rings. The van der Waals surface area contributed by atoms with Crippen LogP contribution in [0, 0.1) is 5.92 Å². The molecule has 0 saturated heterocycles. The predicted octanol–water partition coefficient (Wildman–Crippen LogP) is 1.82. The summed E-state index contributed by atoms with van der Waals surface area (Å²) in [5, 5.41) is 8.99. The zero-order valence-electron chi connectivity index (χ0n) is 12.9. The highest BCUT2D eigenvalue weighted by atomic mass is 16.4. The lowest BCUT2D eigenvalue weighted by Gasteiger charge is -2.23. The van der Waals surface area contributed by atoms with Gasteiger partial charge in [0.05, 0.1) is 12.5 Å². The van der Waals surface area contributed by atoms with Crippen molar-refractivity contribution in [2.24, 2.45) is 11.7 Å². The molecule has 5 heteroatoms. The monoisotopic (exact) mass is 292 g/mol. The molecule has 0 heterocycles. The Hall–Kier alpha value is -1.88. The number of rotatable bonds is 8. The summed E-state index contributed by atoms with van der Waals surface area (Å²) in [6.45, 7) is 7.48. The predicted molar refractivity (Wildman–Crippen MR) is 81.8 cm³/mol. The maximum absolute atomic E-state index is 11.1. The van der Waals surface area contributed by atoms with Crippen LogP contribution in [-0.4, -0.2) is 35.0 Å². The summed E-state index contributed by atoms with van der Waals surface area (Å²) in [6, 6.07) is 7.46. The number of primary amides is 1. The third-order valence-electron chi connectivity index (χ3n) is 3.26. The maximum atomic E-state index is 11.1. The molecule has 5 nitrogen and oxygen atoms in total. The van der Waals surface area contributed by atoms with Crippen LogP contribution in [0.15, 0.2) is 24.3 Å². The van der Waals surface area contributed by atoms with E-state index in [1.165, 1.54) is 0 Å². The Morgan fingerprint density at radius 3 is 2.19 bits per heavy atom. The van der Waals surface area contributed by atoms with E-state index < -0.39 is 11.9 Å². The molecule has 0 radical (unpaired) electrons. The largest absolute Gasteiger partial charge is 0.481 e. The van der Waals surface area contributed by atoms with Crippen molar-refractivity contribution in [2.75, 3.05) is 13.1 Å². The molecule has 3 N–H and O–H groups in total.